The van der Waals surface area contributed by atoms with E-state index in [2.05, 4.69) is 0 Å². The fraction of sp³-hybridized carbons (Fsp3) is 0.200. The van der Waals surface area contributed by atoms with Gasteiger partial charge in [0.2, 0.25) is 0 Å². The quantitative estimate of drug-likeness (QED) is 0.826. The summed E-state index contributed by atoms with van der Waals surface area (Å²) in [7, 11) is 0. The van der Waals surface area contributed by atoms with Gasteiger partial charge >= 0.3 is 0 Å². The van der Waals surface area contributed by atoms with E-state index in [9.17, 15) is 5.11 Å². The summed E-state index contributed by atoms with van der Waals surface area (Å²) < 4.78 is 5.71. The first-order valence-electron chi connectivity index (χ1n) is 6.01. The van der Waals surface area contributed by atoms with Gasteiger partial charge in [-0.25, -0.2) is 0 Å². The van der Waals surface area contributed by atoms with Crippen LogP contribution in [0.15, 0.2) is 36.4 Å². The summed E-state index contributed by atoms with van der Waals surface area (Å²) in [6, 6.07) is 10.3. The lowest BCUT2D eigenvalue weighted by molar-refractivity contribution is 0.190. The van der Waals surface area contributed by atoms with Crippen molar-refractivity contribution in [2.75, 3.05) is 0 Å². The van der Waals surface area contributed by atoms with Crippen LogP contribution in [-0.4, -0.2) is 5.11 Å². The van der Waals surface area contributed by atoms with Crippen LogP contribution in [0.5, 0.6) is 5.75 Å². The Labute approximate surface area is 132 Å². The Morgan fingerprint density at radius 1 is 1.05 bits per heavy atom. The van der Waals surface area contributed by atoms with E-state index in [1.54, 1.807) is 43.3 Å². The number of hydrogen-bond donors (Lipinski definition) is 1. The molecular formula is C15H13Cl3O2. The lowest BCUT2D eigenvalue weighted by atomic mass is 10.1. The molecule has 2 rings (SSSR count). The fourth-order valence-corrected chi connectivity index (χ4v) is 2.33. The van der Waals surface area contributed by atoms with Crippen molar-refractivity contribution < 1.29 is 9.84 Å². The largest absolute Gasteiger partial charge is 0.488 e. The maximum atomic E-state index is 9.74. The molecule has 0 amide bonds. The molecule has 0 radical (unpaired) electrons. The second kappa shape index (κ2) is 6.68. The van der Waals surface area contributed by atoms with Gasteiger partial charge in [-0.05, 0) is 43.3 Å². The number of rotatable bonds is 4. The first kappa shape index (κ1) is 15.5. The highest BCUT2D eigenvalue weighted by molar-refractivity contribution is 6.33. The van der Waals surface area contributed by atoms with Crippen LogP contribution in [0.3, 0.4) is 0 Å². The van der Waals surface area contributed by atoms with Crippen LogP contribution in [0.4, 0.5) is 0 Å². The molecule has 0 saturated carbocycles. The smallest absolute Gasteiger partial charge is 0.125 e. The standard InChI is InChI=1S/C15H13Cl3O2/c1-9(19)13-7-12(17)3-5-15(13)20-8-10-6-11(16)2-4-14(10)18/h2-7,9,19H,8H2,1H3/t9-/m1/s1. The molecule has 0 spiro atoms. The van der Waals surface area contributed by atoms with E-state index in [1.165, 1.54) is 0 Å². The predicted molar refractivity (Wildman–Crippen MR) is 82.9 cm³/mol. The van der Waals surface area contributed by atoms with Gasteiger partial charge < -0.3 is 9.84 Å². The van der Waals surface area contributed by atoms with E-state index in [1.807, 2.05) is 0 Å². The fourth-order valence-electron chi connectivity index (χ4n) is 1.79. The van der Waals surface area contributed by atoms with Crippen LogP contribution in [0.1, 0.15) is 24.2 Å². The minimum Gasteiger partial charge on any atom is -0.488 e. The van der Waals surface area contributed by atoms with Gasteiger partial charge in [0, 0.05) is 26.2 Å². The topological polar surface area (TPSA) is 29.5 Å². The van der Waals surface area contributed by atoms with Crippen molar-refractivity contribution in [2.24, 2.45) is 0 Å². The Kier molecular flexibility index (Phi) is 5.17. The SMILES string of the molecule is C[C@@H](O)c1cc(Cl)ccc1OCc1cc(Cl)ccc1Cl. The van der Waals surface area contributed by atoms with E-state index >= 15 is 0 Å². The summed E-state index contributed by atoms with van der Waals surface area (Å²) in [5.74, 6) is 0.570. The van der Waals surface area contributed by atoms with Crippen LogP contribution in [-0.2, 0) is 6.61 Å². The molecule has 2 nitrogen and oxygen atoms in total. The third kappa shape index (κ3) is 3.80. The lowest BCUT2D eigenvalue weighted by Crippen LogP contribution is -2.01. The van der Waals surface area contributed by atoms with Gasteiger partial charge in [0.15, 0.2) is 0 Å². The van der Waals surface area contributed by atoms with Crippen LogP contribution in [0.2, 0.25) is 15.1 Å². The summed E-state index contributed by atoms with van der Waals surface area (Å²) in [4.78, 5) is 0. The zero-order valence-corrected chi connectivity index (χ0v) is 13.0. The third-order valence-electron chi connectivity index (χ3n) is 2.81. The van der Waals surface area contributed by atoms with E-state index in [-0.39, 0.29) is 6.61 Å². The second-order valence-corrected chi connectivity index (χ2v) is 5.66. The zero-order chi connectivity index (χ0) is 14.7. The van der Waals surface area contributed by atoms with Crippen molar-refractivity contribution in [1.82, 2.24) is 0 Å². The highest BCUT2D eigenvalue weighted by Gasteiger charge is 2.11. The molecule has 1 N–H and O–H groups in total. The number of aliphatic hydroxyl groups excluding tert-OH is 1. The Morgan fingerprint density at radius 3 is 2.40 bits per heavy atom. The molecule has 0 aliphatic rings. The highest BCUT2D eigenvalue weighted by Crippen LogP contribution is 2.30. The molecule has 0 aliphatic carbocycles. The Balaban J connectivity index is 2.20. The van der Waals surface area contributed by atoms with Gasteiger partial charge in [-0.2, -0.15) is 0 Å². The minimum absolute atomic E-state index is 0.265. The number of hydrogen-bond acceptors (Lipinski definition) is 2. The van der Waals surface area contributed by atoms with Crippen LogP contribution >= 0.6 is 34.8 Å². The molecule has 20 heavy (non-hydrogen) atoms. The average molecular weight is 332 g/mol. The monoisotopic (exact) mass is 330 g/mol. The normalized spacial score (nSPS) is 12.2. The van der Waals surface area contributed by atoms with Gasteiger partial charge in [0.1, 0.15) is 12.4 Å². The highest BCUT2D eigenvalue weighted by atomic mass is 35.5. The summed E-state index contributed by atoms with van der Waals surface area (Å²) >= 11 is 17.9. The summed E-state index contributed by atoms with van der Waals surface area (Å²) in [6.45, 7) is 1.92. The molecule has 0 fully saturated rings. The molecule has 2 aromatic carbocycles. The summed E-state index contributed by atoms with van der Waals surface area (Å²) in [5.41, 5.74) is 1.42. The molecular weight excluding hydrogens is 319 g/mol. The minimum atomic E-state index is -0.668. The molecule has 0 unspecified atom stereocenters. The number of ether oxygens (including phenoxy) is 1. The van der Waals surface area contributed by atoms with Crippen molar-refractivity contribution in [3.63, 3.8) is 0 Å². The van der Waals surface area contributed by atoms with Gasteiger partial charge in [-0.1, -0.05) is 34.8 Å². The zero-order valence-electron chi connectivity index (χ0n) is 10.7. The Hall–Kier alpha value is -0.930. The molecule has 2 aromatic rings. The van der Waals surface area contributed by atoms with E-state index in [0.29, 0.717) is 26.4 Å². The molecule has 5 heteroatoms. The second-order valence-electron chi connectivity index (χ2n) is 4.38. The maximum absolute atomic E-state index is 9.74. The van der Waals surface area contributed by atoms with Gasteiger partial charge in [-0.15, -0.1) is 0 Å². The Morgan fingerprint density at radius 2 is 1.70 bits per heavy atom. The predicted octanol–water partition coefficient (Wildman–Crippen LogP) is 5.28. The molecule has 1 atom stereocenters. The average Bonchev–Trinajstić information content (AvgIpc) is 2.40. The lowest BCUT2D eigenvalue weighted by Gasteiger charge is -2.14. The van der Waals surface area contributed by atoms with Crippen molar-refractivity contribution in [3.05, 3.63) is 62.6 Å². The molecule has 106 valence electrons. The van der Waals surface area contributed by atoms with Crippen LogP contribution in [0, 0.1) is 0 Å². The first-order chi connectivity index (χ1) is 9.47. The molecule has 0 heterocycles. The number of aliphatic hydroxyl groups is 1. The summed E-state index contributed by atoms with van der Waals surface area (Å²) in [5, 5.41) is 11.5. The van der Waals surface area contributed by atoms with Crippen molar-refractivity contribution in [3.8, 4) is 5.75 Å². The number of benzene rings is 2. The van der Waals surface area contributed by atoms with Gasteiger partial charge in [-0.3, -0.25) is 0 Å². The Bertz CT molecular complexity index is 612. The molecule has 0 bridgehead atoms. The number of halogens is 3. The molecule has 0 aromatic heterocycles. The van der Waals surface area contributed by atoms with E-state index in [4.69, 9.17) is 39.5 Å². The maximum Gasteiger partial charge on any atom is 0.125 e. The van der Waals surface area contributed by atoms with Crippen LogP contribution in [0.25, 0.3) is 0 Å². The van der Waals surface area contributed by atoms with Crippen molar-refractivity contribution >= 4 is 34.8 Å². The van der Waals surface area contributed by atoms with E-state index in [0.717, 1.165) is 5.56 Å². The van der Waals surface area contributed by atoms with Gasteiger partial charge in [0.25, 0.3) is 0 Å². The third-order valence-corrected chi connectivity index (χ3v) is 3.65. The molecule has 0 aliphatic heterocycles. The van der Waals surface area contributed by atoms with Crippen molar-refractivity contribution in [2.45, 2.75) is 19.6 Å². The van der Waals surface area contributed by atoms with Crippen LogP contribution < -0.4 is 4.74 Å². The van der Waals surface area contributed by atoms with Gasteiger partial charge in [0.05, 0.1) is 6.10 Å². The summed E-state index contributed by atoms with van der Waals surface area (Å²) in [6.07, 6.45) is -0.668. The van der Waals surface area contributed by atoms with E-state index < -0.39 is 6.10 Å². The van der Waals surface area contributed by atoms with Crippen molar-refractivity contribution in [1.29, 1.82) is 0 Å². The molecule has 0 saturated heterocycles. The first-order valence-corrected chi connectivity index (χ1v) is 7.15.